The summed E-state index contributed by atoms with van der Waals surface area (Å²) in [6, 6.07) is 16.3. The van der Waals surface area contributed by atoms with Gasteiger partial charge in [-0.15, -0.1) is 11.3 Å². The van der Waals surface area contributed by atoms with Gasteiger partial charge in [0.05, 0.1) is 0 Å². The second-order valence-electron chi connectivity index (χ2n) is 7.42. The first-order chi connectivity index (χ1) is 14.2. The zero-order valence-corrected chi connectivity index (χ0v) is 17.0. The van der Waals surface area contributed by atoms with Gasteiger partial charge in [0, 0.05) is 16.6 Å². The van der Waals surface area contributed by atoms with Gasteiger partial charge in [0.1, 0.15) is 49.2 Å². The molecule has 1 aromatic heterocycles. The SMILES string of the molecule is O=C(C[NH+]1CC[NH+](Cc2csc(-c3ccccc3)n2)CC1)Nc1cccc(F)c1. The number of hydrogen-bond donors (Lipinski definition) is 3. The maximum Gasteiger partial charge on any atom is 0.279 e. The molecular weight excluding hydrogens is 387 g/mol. The predicted octanol–water partition coefficient (Wildman–Crippen LogP) is 0.871. The molecule has 2 heterocycles. The van der Waals surface area contributed by atoms with E-state index in [9.17, 15) is 9.18 Å². The lowest BCUT2D eigenvalue weighted by atomic mass is 10.2. The topological polar surface area (TPSA) is 50.9 Å². The van der Waals surface area contributed by atoms with Gasteiger partial charge >= 0.3 is 0 Å². The molecule has 150 valence electrons. The molecule has 3 N–H and O–H groups in total. The van der Waals surface area contributed by atoms with E-state index in [0.29, 0.717) is 12.2 Å². The van der Waals surface area contributed by atoms with Gasteiger partial charge in [-0.2, -0.15) is 0 Å². The maximum absolute atomic E-state index is 13.2. The molecule has 3 aromatic rings. The first-order valence-corrected chi connectivity index (χ1v) is 10.8. The van der Waals surface area contributed by atoms with Crippen molar-refractivity contribution in [2.75, 3.05) is 38.0 Å². The molecule has 0 saturated carbocycles. The third-order valence-electron chi connectivity index (χ3n) is 5.19. The number of nitrogens with zero attached hydrogens (tertiary/aromatic N) is 1. The largest absolute Gasteiger partial charge is 0.321 e. The maximum atomic E-state index is 13.2. The first kappa shape index (κ1) is 19.7. The molecule has 4 rings (SSSR count). The van der Waals surface area contributed by atoms with Gasteiger partial charge in [-0.3, -0.25) is 4.79 Å². The second kappa shape index (κ2) is 9.26. The number of quaternary nitrogens is 2. The van der Waals surface area contributed by atoms with Crippen LogP contribution in [0.15, 0.2) is 60.0 Å². The Bertz CT molecular complexity index is 954. The summed E-state index contributed by atoms with van der Waals surface area (Å²) in [5.41, 5.74) is 2.81. The van der Waals surface area contributed by atoms with Crippen LogP contribution in [0.2, 0.25) is 0 Å². The molecule has 0 spiro atoms. The zero-order valence-electron chi connectivity index (χ0n) is 16.2. The lowest BCUT2D eigenvalue weighted by Crippen LogP contribution is -3.28. The van der Waals surface area contributed by atoms with E-state index in [4.69, 9.17) is 4.98 Å². The van der Waals surface area contributed by atoms with Crippen LogP contribution in [0.3, 0.4) is 0 Å². The van der Waals surface area contributed by atoms with Crippen molar-refractivity contribution in [2.45, 2.75) is 6.54 Å². The number of halogens is 1. The van der Waals surface area contributed by atoms with Crippen LogP contribution in [0.25, 0.3) is 10.6 Å². The van der Waals surface area contributed by atoms with Crippen molar-refractivity contribution >= 4 is 22.9 Å². The van der Waals surface area contributed by atoms with Crippen LogP contribution < -0.4 is 15.1 Å². The number of nitrogens with one attached hydrogen (secondary N) is 3. The highest BCUT2D eigenvalue weighted by atomic mass is 32.1. The molecule has 1 aliphatic rings. The number of amides is 1. The van der Waals surface area contributed by atoms with Crippen molar-refractivity contribution in [3.63, 3.8) is 0 Å². The Morgan fingerprint density at radius 2 is 1.79 bits per heavy atom. The van der Waals surface area contributed by atoms with Crippen molar-refractivity contribution in [1.29, 1.82) is 0 Å². The van der Waals surface area contributed by atoms with Crippen LogP contribution >= 0.6 is 11.3 Å². The standard InChI is InChI=1S/C22H23FN4OS/c23-18-7-4-8-19(13-18)24-21(28)15-27-11-9-26(10-12-27)14-20-16-29-22(25-20)17-5-2-1-3-6-17/h1-8,13,16H,9-12,14-15H2,(H,24,28)/p+2. The Kier molecular flexibility index (Phi) is 6.29. The van der Waals surface area contributed by atoms with Crippen LogP contribution in [0, 0.1) is 5.82 Å². The molecule has 0 bridgehead atoms. The van der Waals surface area contributed by atoms with Crippen molar-refractivity contribution in [1.82, 2.24) is 4.98 Å². The lowest BCUT2D eigenvalue weighted by Gasteiger charge is -2.28. The highest BCUT2D eigenvalue weighted by Crippen LogP contribution is 2.22. The minimum atomic E-state index is -0.343. The molecule has 0 unspecified atom stereocenters. The number of anilines is 1. The molecule has 0 radical (unpaired) electrons. The van der Waals surface area contributed by atoms with Crippen molar-refractivity contribution in [2.24, 2.45) is 0 Å². The van der Waals surface area contributed by atoms with E-state index in [1.807, 2.05) is 18.2 Å². The number of aromatic nitrogens is 1. The third-order valence-corrected chi connectivity index (χ3v) is 6.13. The molecule has 0 aliphatic carbocycles. The third kappa shape index (κ3) is 5.47. The molecule has 1 aliphatic heterocycles. The minimum absolute atomic E-state index is 0.0685. The number of carbonyl (C=O) groups is 1. The zero-order chi connectivity index (χ0) is 20.1. The summed E-state index contributed by atoms with van der Waals surface area (Å²) in [7, 11) is 0. The van der Waals surface area contributed by atoms with E-state index >= 15 is 0 Å². The summed E-state index contributed by atoms with van der Waals surface area (Å²) in [6.45, 7) is 5.26. The van der Waals surface area contributed by atoms with Crippen molar-refractivity contribution < 1.29 is 19.0 Å². The van der Waals surface area contributed by atoms with Crippen molar-refractivity contribution in [3.8, 4) is 10.6 Å². The van der Waals surface area contributed by atoms with Crippen molar-refractivity contribution in [3.05, 3.63) is 71.5 Å². The average molecular weight is 413 g/mol. The fourth-order valence-corrected chi connectivity index (χ4v) is 4.49. The highest BCUT2D eigenvalue weighted by Gasteiger charge is 2.25. The molecule has 1 saturated heterocycles. The lowest BCUT2D eigenvalue weighted by molar-refractivity contribution is -1.02. The summed E-state index contributed by atoms with van der Waals surface area (Å²) in [4.78, 5) is 19.8. The Labute approximate surface area is 173 Å². The first-order valence-electron chi connectivity index (χ1n) is 9.88. The Hall–Kier alpha value is -2.61. The van der Waals surface area contributed by atoms with Crippen LogP contribution in [-0.4, -0.2) is 43.6 Å². The summed E-state index contributed by atoms with van der Waals surface area (Å²) in [6.07, 6.45) is 0. The minimum Gasteiger partial charge on any atom is -0.321 e. The summed E-state index contributed by atoms with van der Waals surface area (Å²) in [5.74, 6) is -0.411. The van der Waals surface area contributed by atoms with Gasteiger partial charge in [0.2, 0.25) is 0 Å². The van der Waals surface area contributed by atoms with E-state index in [2.05, 4.69) is 22.8 Å². The Morgan fingerprint density at radius 1 is 1.03 bits per heavy atom. The van der Waals surface area contributed by atoms with E-state index in [1.54, 1.807) is 23.5 Å². The van der Waals surface area contributed by atoms with E-state index in [-0.39, 0.29) is 11.7 Å². The van der Waals surface area contributed by atoms with Crippen LogP contribution in [0.5, 0.6) is 0 Å². The number of thiazole rings is 1. The van der Waals surface area contributed by atoms with Gasteiger partial charge in [-0.1, -0.05) is 36.4 Å². The fourth-order valence-electron chi connectivity index (χ4n) is 3.67. The number of carbonyl (C=O) groups excluding carboxylic acids is 1. The smallest absolute Gasteiger partial charge is 0.279 e. The molecule has 1 fully saturated rings. The quantitative estimate of drug-likeness (QED) is 0.563. The summed E-state index contributed by atoms with van der Waals surface area (Å²) >= 11 is 1.69. The van der Waals surface area contributed by atoms with Crippen LogP contribution in [0.4, 0.5) is 10.1 Å². The normalized spacial score (nSPS) is 19.1. The molecule has 29 heavy (non-hydrogen) atoms. The van der Waals surface area contributed by atoms with Crippen LogP contribution in [-0.2, 0) is 11.3 Å². The monoisotopic (exact) mass is 412 g/mol. The molecule has 1 amide bonds. The number of benzene rings is 2. The summed E-state index contributed by atoms with van der Waals surface area (Å²) < 4.78 is 13.2. The van der Waals surface area contributed by atoms with Gasteiger partial charge in [0.15, 0.2) is 6.54 Å². The van der Waals surface area contributed by atoms with Gasteiger partial charge in [0.25, 0.3) is 5.91 Å². The summed E-state index contributed by atoms with van der Waals surface area (Å²) in [5, 5.41) is 6.01. The second-order valence-corrected chi connectivity index (χ2v) is 8.28. The van der Waals surface area contributed by atoms with E-state index in [0.717, 1.165) is 49.0 Å². The fraction of sp³-hybridized carbons (Fsp3) is 0.273. The molecular formula is C22H25FN4OS+2. The molecule has 5 nitrogen and oxygen atoms in total. The Balaban J connectivity index is 1.23. The van der Waals surface area contributed by atoms with E-state index < -0.39 is 0 Å². The van der Waals surface area contributed by atoms with Gasteiger partial charge in [-0.25, -0.2) is 9.37 Å². The highest BCUT2D eigenvalue weighted by molar-refractivity contribution is 7.13. The predicted molar refractivity (Wildman–Crippen MR) is 113 cm³/mol. The molecule has 2 aromatic carbocycles. The number of piperazine rings is 1. The molecule has 0 atom stereocenters. The number of rotatable bonds is 6. The van der Waals surface area contributed by atoms with Gasteiger partial charge in [-0.05, 0) is 18.2 Å². The number of hydrogen-bond acceptors (Lipinski definition) is 3. The molecule has 7 heteroatoms. The van der Waals surface area contributed by atoms with E-state index in [1.165, 1.54) is 21.9 Å². The van der Waals surface area contributed by atoms with Crippen LogP contribution in [0.1, 0.15) is 5.69 Å². The Morgan fingerprint density at radius 3 is 2.55 bits per heavy atom. The van der Waals surface area contributed by atoms with Gasteiger partial charge < -0.3 is 15.1 Å². The average Bonchev–Trinajstić information content (AvgIpc) is 3.19.